The molecule has 6 heteroatoms. The van der Waals surface area contributed by atoms with E-state index >= 15 is 0 Å². The first-order valence-electron chi connectivity index (χ1n) is 28.4. The molecule has 0 aromatic rings. The second kappa shape index (κ2) is 51.4. The smallest absolute Gasteiger partial charge is 0.306 e. The Balaban J connectivity index is 4.21. The van der Waals surface area contributed by atoms with Gasteiger partial charge in [0, 0.05) is 19.3 Å². The number of unbranched alkanes of at least 4 members (excludes halogenated alkanes) is 39. The predicted molar refractivity (Wildman–Crippen MR) is 270 cm³/mol. The highest BCUT2D eigenvalue weighted by molar-refractivity contribution is 5.71. The van der Waals surface area contributed by atoms with Crippen molar-refractivity contribution < 1.29 is 28.6 Å². The molecule has 6 nitrogen and oxygen atoms in total. The van der Waals surface area contributed by atoms with Crippen LogP contribution in [0.5, 0.6) is 0 Å². The van der Waals surface area contributed by atoms with Crippen LogP contribution in [0, 0.1) is 5.92 Å². The number of esters is 3. The minimum Gasteiger partial charge on any atom is -0.462 e. The molecule has 1 atom stereocenters. The summed E-state index contributed by atoms with van der Waals surface area (Å²) in [6, 6.07) is 0. The van der Waals surface area contributed by atoms with E-state index in [9.17, 15) is 14.4 Å². The van der Waals surface area contributed by atoms with Crippen molar-refractivity contribution in [2.45, 2.75) is 329 Å². The van der Waals surface area contributed by atoms with Crippen molar-refractivity contribution in [2.24, 2.45) is 5.92 Å². The average molecular weight is 892 g/mol. The summed E-state index contributed by atoms with van der Waals surface area (Å²) >= 11 is 0. The summed E-state index contributed by atoms with van der Waals surface area (Å²) in [6.07, 6.45) is 55.3. The van der Waals surface area contributed by atoms with Crippen LogP contribution in [-0.2, 0) is 28.6 Å². The summed E-state index contributed by atoms with van der Waals surface area (Å²) in [4.78, 5) is 38.0. The largest absolute Gasteiger partial charge is 0.462 e. The number of hydrogen-bond acceptors (Lipinski definition) is 6. The first kappa shape index (κ1) is 61.4. The van der Waals surface area contributed by atoms with Gasteiger partial charge >= 0.3 is 17.9 Å². The van der Waals surface area contributed by atoms with E-state index in [0.717, 1.165) is 63.7 Å². The van der Waals surface area contributed by atoms with Gasteiger partial charge in [-0.2, -0.15) is 0 Å². The second-order valence-corrected chi connectivity index (χ2v) is 20.1. The standard InChI is InChI=1S/C57H110O6/c1-5-7-9-11-13-15-16-17-18-19-20-23-27-30-34-38-42-46-50-57(60)63-54(51-61-55(58)48-44-40-36-31-14-12-10-8-6-2)52-62-56(59)49-45-41-37-33-29-26-24-21-22-25-28-32-35-39-43-47-53(3)4/h53-54H,5-52H2,1-4H3/t54-/m0/s1. The van der Waals surface area contributed by atoms with Gasteiger partial charge in [0.15, 0.2) is 6.10 Å². The van der Waals surface area contributed by atoms with Crippen LogP contribution in [0.4, 0.5) is 0 Å². The normalized spacial score (nSPS) is 12.0. The molecule has 0 radical (unpaired) electrons. The monoisotopic (exact) mass is 891 g/mol. The zero-order chi connectivity index (χ0) is 45.9. The van der Waals surface area contributed by atoms with Gasteiger partial charge < -0.3 is 14.2 Å². The van der Waals surface area contributed by atoms with Crippen molar-refractivity contribution in [2.75, 3.05) is 13.2 Å². The summed E-state index contributed by atoms with van der Waals surface area (Å²) in [6.45, 7) is 9.05. The molecule has 0 rings (SSSR count). The Morgan fingerprint density at radius 2 is 0.524 bits per heavy atom. The molecule has 374 valence electrons. The minimum absolute atomic E-state index is 0.0622. The fraction of sp³-hybridized carbons (Fsp3) is 0.947. The Morgan fingerprint density at radius 3 is 0.778 bits per heavy atom. The van der Waals surface area contributed by atoms with Crippen molar-refractivity contribution >= 4 is 17.9 Å². The molecule has 0 heterocycles. The zero-order valence-corrected chi connectivity index (χ0v) is 43.0. The Hall–Kier alpha value is -1.59. The van der Waals surface area contributed by atoms with Crippen molar-refractivity contribution in [1.82, 2.24) is 0 Å². The Kier molecular flexibility index (Phi) is 50.1. The number of carbonyl (C=O) groups excluding carboxylic acids is 3. The molecule has 0 saturated carbocycles. The lowest BCUT2D eigenvalue weighted by molar-refractivity contribution is -0.167. The third-order valence-corrected chi connectivity index (χ3v) is 13.0. The van der Waals surface area contributed by atoms with Crippen LogP contribution in [0.2, 0.25) is 0 Å². The summed E-state index contributed by atoms with van der Waals surface area (Å²) in [5, 5.41) is 0. The number of carbonyl (C=O) groups is 3. The van der Waals surface area contributed by atoms with E-state index in [1.807, 2.05) is 0 Å². The van der Waals surface area contributed by atoms with Crippen LogP contribution >= 0.6 is 0 Å². The van der Waals surface area contributed by atoms with E-state index in [1.54, 1.807) is 0 Å². The molecular formula is C57H110O6. The maximum absolute atomic E-state index is 12.8. The van der Waals surface area contributed by atoms with Crippen molar-refractivity contribution in [1.29, 1.82) is 0 Å². The van der Waals surface area contributed by atoms with E-state index in [-0.39, 0.29) is 31.1 Å². The molecule has 0 N–H and O–H groups in total. The SMILES string of the molecule is CCCCCCCCCCCCCCCCCCCCC(=O)O[C@@H](COC(=O)CCCCCCCCCCC)COC(=O)CCCCCCCCCCCCCCCCCC(C)C. The minimum atomic E-state index is -0.761. The topological polar surface area (TPSA) is 78.9 Å². The highest BCUT2D eigenvalue weighted by atomic mass is 16.6. The van der Waals surface area contributed by atoms with Gasteiger partial charge in [-0.15, -0.1) is 0 Å². The number of rotatable bonds is 52. The third kappa shape index (κ3) is 51.3. The Bertz CT molecular complexity index is 949. The molecule has 0 aromatic carbocycles. The summed E-state index contributed by atoms with van der Waals surface area (Å²) in [7, 11) is 0. The fourth-order valence-corrected chi connectivity index (χ4v) is 8.75. The quantitative estimate of drug-likeness (QED) is 0.0344. The van der Waals surface area contributed by atoms with Crippen LogP contribution < -0.4 is 0 Å². The van der Waals surface area contributed by atoms with E-state index < -0.39 is 6.10 Å². The molecule has 0 spiro atoms. The predicted octanol–water partition coefficient (Wildman–Crippen LogP) is 18.6. The highest BCUT2D eigenvalue weighted by Crippen LogP contribution is 2.18. The average Bonchev–Trinajstić information content (AvgIpc) is 3.27. The van der Waals surface area contributed by atoms with Crippen molar-refractivity contribution in [3.63, 3.8) is 0 Å². The summed E-state index contributed by atoms with van der Waals surface area (Å²) < 4.78 is 16.8. The molecule has 0 aliphatic carbocycles. The van der Waals surface area contributed by atoms with Gasteiger partial charge in [-0.1, -0.05) is 285 Å². The molecule has 0 saturated heterocycles. The first-order valence-corrected chi connectivity index (χ1v) is 28.4. The van der Waals surface area contributed by atoms with Gasteiger partial charge in [-0.3, -0.25) is 14.4 Å². The molecule has 0 unspecified atom stereocenters. The van der Waals surface area contributed by atoms with Crippen LogP contribution in [0.1, 0.15) is 323 Å². The van der Waals surface area contributed by atoms with Crippen molar-refractivity contribution in [3.8, 4) is 0 Å². The second-order valence-electron chi connectivity index (χ2n) is 20.1. The van der Waals surface area contributed by atoms with Gasteiger partial charge in [-0.25, -0.2) is 0 Å². The van der Waals surface area contributed by atoms with Crippen LogP contribution in [0.3, 0.4) is 0 Å². The van der Waals surface area contributed by atoms with Crippen LogP contribution in [-0.4, -0.2) is 37.2 Å². The zero-order valence-electron chi connectivity index (χ0n) is 43.0. The Labute approximate surface area is 393 Å². The van der Waals surface area contributed by atoms with Gasteiger partial charge in [-0.05, 0) is 25.2 Å². The highest BCUT2D eigenvalue weighted by Gasteiger charge is 2.19. The van der Waals surface area contributed by atoms with E-state index in [4.69, 9.17) is 14.2 Å². The van der Waals surface area contributed by atoms with E-state index in [2.05, 4.69) is 27.7 Å². The molecule has 0 bridgehead atoms. The molecule has 0 fully saturated rings. The molecule has 63 heavy (non-hydrogen) atoms. The summed E-state index contributed by atoms with van der Waals surface area (Å²) in [5.41, 5.74) is 0. The third-order valence-electron chi connectivity index (χ3n) is 13.0. The van der Waals surface area contributed by atoms with Crippen molar-refractivity contribution in [3.05, 3.63) is 0 Å². The number of ether oxygens (including phenoxy) is 3. The lowest BCUT2D eigenvalue weighted by Crippen LogP contribution is -2.30. The molecule has 0 amide bonds. The lowest BCUT2D eigenvalue weighted by atomic mass is 10.0. The molecule has 0 aliphatic heterocycles. The molecular weight excluding hydrogens is 781 g/mol. The van der Waals surface area contributed by atoms with Gasteiger partial charge in [0.1, 0.15) is 13.2 Å². The van der Waals surface area contributed by atoms with E-state index in [0.29, 0.717) is 19.3 Å². The summed E-state index contributed by atoms with van der Waals surface area (Å²) in [5.74, 6) is 0.00900. The van der Waals surface area contributed by atoms with Crippen LogP contribution in [0.15, 0.2) is 0 Å². The van der Waals surface area contributed by atoms with Gasteiger partial charge in [0.05, 0.1) is 0 Å². The Morgan fingerprint density at radius 1 is 0.302 bits per heavy atom. The molecule has 0 aromatic heterocycles. The van der Waals surface area contributed by atoms with Gasteiger partial charge in [0.2, 0.25) is 0 Å². The first-order chi connectivity index (χ1) is 30.9. The lowest BCUT2D eigenvalue weighted by Gasteiger charge is -2.18. The van der Waals surface area contributed by atoms with Crippen LogP contribution in [0.25, 0.3) is 0 Å². The fourth-order valence-electron chi connectivity index (χ4n) is 8.75. The number of hydrogen-bond donors (Lipinski definition) is 0. The van der Waals surface area contributed by atoms with Gasteiger partial charge in [0.25, 0.3) is 0 Å². The maximum atomic E-state index is 12.8. The maximum Gasteiger partial charge on any atom is 0.306 e. The molecule has 0 aliphatic rings. The van der Waals surface area contributed by atoms with E-state index in [1.165, 1.54) is 218 Å².